The summed E-state index contributed by atoms with van der Waals surface area (Å²) in [6, 6.07) is 25.1. The zero-order valence-corrected chi connectivity index (χ0v) is 22.0. The third-order valence-electron chi connectivity index (χ3n) is 6.44. The van der Waals surface area contributed by atoms with E-state index in [-0.39, 0.29) is 5.75 Å². The average Bonchev–Trinajstić information content (AvgIpc) is 2.89. The van der Waals surface area contributed by atoms with Crippen molar-refractivity contribution in [2.75, 3.05) is 0 Å². The molecule has 5 rings (SSSR count). The number of phenolic OH excluding ortho intramolecular Hbond substituents is 1. The fourth-order valence-corrected chi connectivity index (χ4v) is 4.44. The van der Waals surface area contributed by atoms with Crippen LogP contribution in [0.2, 0.25) is 0 Å². The maximum Gasteiger partial charge on any atom is 0.167 e. The zero-order chi connectivity index (χ0) is 26.8. The fourth-order valence-electron chi connectivity index (χ4n) is 4.44. The summed E-state index contributed by atoms with van der Waals surface area (Å²) in [5.74, 6) is 2.71. The predicted molar refractivity (Wildman–Crippen MR) is 153 cm³/mol. The number of nitrogens with zero attached hydrogens (tertiary/aromatic N) is 3. The molecule has 0 saturated heterocycles. The van der Waals surface area contributed by atoms with Crippen molar-refractivity contribution in [2.45, 2.75) is 27.7 Å². The predicted octanol–water partition coefficient (Wildman–Crippen LogP) is 8.25. The molecule has 1 N–H and O–H groups in total. The van der Waals surface area contributed by atoms with E-state index in [2.05, 4.69) is 32.6 Å². The van der Waals surface area contributed by atoms with Crippen LogP contribution in [0.1, 0.15) is 27.8 Å². The molecule has 0 aliphatic heterocycles. The van der Waals surface area contributed by atoms with E-state index < -0.39 is 0 Å². The van der Waals surface area contributed by atoms with Crippen molar-refractivity contribution in [3.8, 4) is 51.4 Å². The standard InChI is InChI=1S/C33H29N3O2/c1-6-24-9-11-25(12-10-24)38-26-13-16-29(30(37)19-26)33-35-31(27-14-7-20(2)17-22(27)4)34-32(36-33)28-15-8-21(3)18-23(28)5/h6-19,37H,1H2,2-5H3. The van der Waals surface area contributed by atoms with Gasteiger partial charge in [0.1, 0.15) is 17.2 Å². The molecule has 5 nitrogen and oxygen atoms in total. The molecule has 0 spiro atoms. The highest BCUT2D eigenvalue weighted by Crippen LogP contribution is 2.35. The van der Waals surface area contributed by atoms with E-state index >= 15 is 0 Å². The van der Waals surface area contributed by atoms with Gasteiger partial charge < -0.3 is 9.84 Å². The molecular weight excluding hydrogens is 470 g/mol. The van der Waals surface area contributed by atoms with E-state index in [4.69, 9.17) is 19.7 Å². The third-order valence-corrected chi connectivity index (χ3v) is 6.44. The lowest BCUT2D eigenvalue weighted by atomic mass is 10.0. The Morgan fingerprint density at radius 2 is 1.08 bits per heavy atom. The number of hydrogen-bond donors (Lipinski definition) is 1. The lowest BCUT2D eigenvalue weighted by Gasteiger charge is -2.13. The van der Waals surface area contributed by atoms with Crippen molar-refractivity contribution in [1.29, 1.82) is 0 Å². The Balaban J connectivity index is 1.59. The summed E-state index contributed by atoms with van der Waals surface area (Å²) in [5, 5.41) is 11.0. The van der Waals surface area contributed by atoms with Gasteiger partial charge in [-0.3, -0.25) is 0 Å². The second-order valence-corrected chi connectivity index (χ2v) is 9.50. The molecule has 0 fully saturated rings. The van der Waals surface area contributed by atoms with Gasteiger partial charge in [0.25, 0.3) is 0 Å². The summed E-state index contributed by atoms with van der Waals surface area (Å²) in [6.45, 7) is 12.0. The van der Waals surface area contributed by atoms with E-state index in [0.29, 0.717) is 34.5 Å². The van der Waals surface area contributed by atoms with Crippen LogP contribution in [0.3, 0.4) is 0 Å². The molecule has 0 saturated carbocycles. The summed E-state index contributed by atoms with van der Waals surface area (Å²) in [7, 11) is 0. The van der Waals surface area contributed by atoms with Crippen molar-refractivity contribution < 1.29 is 9.84 Å². The molecule has 0 aliphatic rings. The first-order valence-corrected chi connectivity index (χ1v) is 12.5. The summed E-state index contributed by atoms with van der Waals surface area (Å²) < 4.78 is 5.94. The van der Waals surface area contributed by atoms with Crippen LogP contribution < -0.4 is 4.74 Å². The van der Waals surface area contributed by atoms with Crippen LogP contribution >= 0.6 is 0 Å². The first kappa shape index (κ1) is 24.9. The summed E-state index contributed by atoms with van der Waals surface area (Å²) in [6.07, 6.45) is 1.78. The van der Waals surface area contributed by atoms with E-state index in [1.165, 1.54) is 11.1 Å². The molecular formula is C33H29N3O2. The van der Waals surface area contributed by atoms with Gasteiger partial charge in [-0.15, -0.1) is 0 Å². The molecule has 0 bridgehead atoms. The van der Waals surface area contributed by atoms with E-state index in [1.54, 1.807) is 24.3 Å². The second kappa shape index (κ2) is 10.3. The Kier molecular flexibility index (Phi) is 6.75. The molecule has 1 heterocycles. The highest BCUT2D eigenvalue weighted by atomic mass is 16.5. The number of ether oxygens (including phenoxy) is 1. The largest absolute Gasteiger partial charge is 0.507 e. The highest BCUT2D eigenvalue weighted by Gasteiger charge is 2.17. The van der Waals surface area contributed by atoms with E-state index in [1.807, 2.05) is 62.4 Å². The van der Waals surface area contributed by atoms with Crippen LogP contribution in [0, 0.1) is 27.7 Å². The second-order valence-electron chi connectivity index (χ2n) is 9.50. The molecule has 188 valence electrons. The minimum absolute atomic E-state index is 0.0227. The SMILES string of the molecule is C=Cc1ccc(Oc2ccc(-c3nc(-c4ccc(C)cc4C)nc(-c4ccc(C)cc4C)n3)c(O)c2)cc1. The Morgan fingerprint density at radius 3 is 1.55 bits per heavy atom. The Morgan fingerprint density at radius 1 is 0.605 bits per heavy atom. The van der Waals surface area contributed by atoms with Crippen LogP contribution in [0.25, 0.3) is 40.2 Å². The maximum absolute atomic E-state index is 11.0. The van der Waals surface area contributed by atoms with Gasteiger partial charge >= 0.3 is 0 Å². The van der Waals surface area contributed by atoms with Crippen LogP contribution in [0.15, 0.2) is 85.4 Å². The first-order chi connectivity index (χ1) is 18.3. The molecule has 0 radical (unpaired) electrons. The Labute approximate surface area is 223 Å². The monoisotopic (exact) mass is 499 g/mol. The van der Waals surface area contributed by atoms with Gasteiger partial charge in [-0.2, -0.15) is 0 Å². The minimum Gasteiger partial charge on any atom is -0.507 e. The van der Waals surface area contributed by atoms with E-state index in [9.17, 15) is 5.11 Å². The van der Waals surface area contributed by atoms with Crippen molar-refractivity contribution in [1.82, 2.24) is 15.0 Å². The third kappa shape index (κ3) is 5.18. The quantitative estimate of drug-likeness (QED) is 0.255. The number of rotatable bonds is 6. The summed E-state index contributed by atoms with van der Waals surface area (Å²) >= 11 is 0. The zero-order valence-electron chi connectivity index (χ0n) is 22.0. The molecule has 5 heteroatoms. The van der Waals surface area contributed by atoms with Crippen molar-refractivity contribution in [2.24, 2.45) is 0 Å². The topological polar surface area (TPSA) is 68.1 Å². The average molecular weight is 500 g/mol. The number of benzene rings is 4. The smallest absolute Gasteiger partial charge is 0.167 e. The lowest BCUT2D eigenvalue weighted by Crippen LogP contribution is -2.02. The van der Waals surface area contributed by atoms with Gasteiger partial charge in [-0.05, 0) is 68.7 Å². The van der Waals surface area contributed by atoms with Gasteiger partial charge in [0.05, 0.1) is 5.56 Å². The number of phenols is 1. The van der Waals surface area contributed by atoms with Crippen LogP contribution in [0.5, 0.6) is 17.2 Å². The highest BCUT2D eigenvalue weighted by molar-refractivity contribution is 5.72. The van der Waals surface area contributed by atoms with Crippen LogP contribution in [-0.2, 0) is 0 Å². The van der Waals surface area contributed by atoms with Gasteiger partial charge in [0, 0.05) is 17.2 Å². The fraction of sp³-hybridized carbons (Fsp3) is 0.121. The molecule has 1 aromatic heterocycles. The molecule has 0 atom stereocenters. The van der Waals surface area contributed by atoms with Crippen LogP contribution in [-0.4, -0.2) is 20.1 Å². The van der Waals surface area contributed by atoms with E-state index in [0.717, 1.165) is 27.8 Å². The molecule has 0 amide bonds. The lowest BCUT2D eigenvalue weighted by molar-refractivity contribution is 0.456. The van der Waals surface area contributed by atoms with Gasteiger partial charge in [-0.1, -0.05) is 72.3 Å². The molecule has 0 unspecified atom stereocenters. The van der Waals surface area contributed by atoms with Gasteiger partial charge in [-0.25, -0.2) is 15.0 Å². The summed E-state index contributed by atoms with van der Waals surface area (Å²) in [4.78, 5) is 14.5. The molecule has 38 heavy (non-hydrogen) atoms. The minimum atomic E-state index is 0.0227. The Bertz CT molecular complexity index is 1590. The first-order valence-electron chi connectivity index (χ1n) is 12.5. The van der Waals surface area contributed by atoms with Crippen molar-refractivity contribution in [3.63, 3.8) is 0 Å². The molecule has 4 aromatic carbocycles. The number of aromatic hydroxyl groups is 1. The molecule has 5 aromatic rings. The number of hydrogen-bond acceptors (Lipinski definition) is 5. The number of aromatic nitrogens is 3. The van der Waals surface area contributed by atoms with Gasteiger partial charge in [0.2, 0.25) is 0 Å². The van der Waals surface area contributed by atoms with Crippen molar-refractivity contribution in [3.05, 3.63) is 113 Å². The Hall–Kier alpha value is -4.77. The number of aryl methyl sites for hydroxylation is 4. The summed E-state index contributed by atoms with van der Waals surface area (Å²) in [5.41, 5.74) is 7.84. The maximum atomic E-state index is 11.0. The molecule has 0 aliphatic carbocycles. The normalized spacial score (nSPS) is 10.8. The van der Waals surface area contributed by atoms with Crippen molar-refractivity contribution >= 4 is 6.08 Å². The van der Waals surface area contributed by atoms with Gasteiger partial charge in [0.15, 0.2) is 17.5 Å². The van der Waals surface area contributed by atoms with Crippen LogP contribution in [0.4, 0.5) is 0 Å².